The first-order valence-electron chi connectivity index (χ1n) is 42.2. The normalized spacial score (nSPS) is 18.8. The lowest BCUT2D eigenvalue weighted by molar-refractivity contribution is -0.505. The van der Waals surface area contributed by atoms with Gasteiger partial charge in [-0.3, -0.25) is 49.9 Å². The van der Waals surface area contributed by atoms with E-state index in [0.717, 1.165) is 46.6 Å². The molecule has 10 aromatic carbocycles. The number of carbonyl (C=O) groups is 5. The molecule has 4 aromatic heterocycles. The highest BCUT2D eigenvalue weighted by atomic mass is 19.1. The van der Waals surface area contributed by atoms with Gasteiger partial charge in [0, 0.05) is 45.8 Å². The maximum Gasteiger partial charge on any atom is 0.355 e. The third-order valence-corrected chi connectivity index (χ3v) is 23.1. The van der Waals surface area contributed by atoms with Crippen LogP contribution in [0.4, 0.5) is 27.4 Å². The van der Waals surface area contributed by atoms with Crippen molar-refractivity contribution in [2.75, 3.05) is 80.6 Å². The predicted molar refractivity (Wildman–Crippen MR) is 489 cm³/mol. The number of phenols is 1. The van der Waals surface area contributed by atoms with Crippen LogP contribution in [0.25, 0.3) is 44.5 Å². The molecule has 34 nitrogen and oxygen atoms in total. The Labute approximate surface area is 757 Å². The number of methoxy groups -OCH3 is 2. The number of aromatic nitrogens is 4. The van der Waals surface area contributed by atoms with Gasteiger partial charge in [0.25, 0.3) is 23.7 Å². The number of carbonyl (C=O) groups excluding carboxylic acids is 5. The zero-order chi connectivity index (χ0) is 92.5. The Hall–Kier alpha value is -16.7. The number of furan rings is 2. The van der Waals surface area contributed by atoms with E-state index in [0.29, 0.717) is 97.8 Å². The summed E-state index contributed by atoms with van der Waals surface area (Å²) >= 11 is 0. The molecule has 672 valence electrons. The summed E-state index contributed by atoms with van der Waals surface area (Å²) in [5.41, 5.74) is 9.57. The predicted octanol–water partition coefficient (Wildman–Crippen LogP) is 15.5. The number of aryl methyl sites for hydroxylation is 1. The number of halogens is 1. The van der Waals surface area contributed by atoms with E-state index in [1.807, 2.05) is 139 Å². The lowest BCUT2D eigenvalue weighted by Crippen LogP contribution is -2.52. The molecular weight excluding hydrogens is 1710 g/mol. The number of aliphatic hydroxyl groups is 1. The number of anilines is 4. The van der Waals surface area contributed by atoms with Crippen LogP contribution in [0.3, 0.4) is 0 Å². The number of phenolic OH excluding ortho intramolecular Hbond substituents is 1. The fraction of sp³-hybridized carbons (Fsp3) is 0.194. The van der Waals surface area contributed by atoms with Crippen LogP contribution in [0.15, 0.2) is 308 Å². The second kappa shape index (κ2) is 39.1. The van der Waals surface area contributed by atoms with Gasteiger partial charge >= 0.3 is 17.9 Å². The number of para-hydroxylation sites is 3. The van der Waals surface area contributed by atoms with Crippen molar-refractivity contribution in [1.29, 1.82) is 0 Å². The fourth-order valence-electron chi connectivity index (χ4n) is 16.7. The Morgan fingerprint density at radius 1 is 0.504 bits per heavy atom. The van der Waals surface area contributed by atoms with Crippen LogP contribution in [0.2, 0.25) is 0 Å². The molecule has 6 aliphatic heterocycles. The number of aromatic amines is 2. The van der Waals surface area contributed by atoms with Crippen LogP contribution in [0.1, 0.15) is 90.3 Å². The monoisotopic (exact) mass is 1790 g/mol. The van der Waals surface area contributed by atoms with E-state index in [-0.39, 0.29) is 72.3 Å². The van der Waals surface area contributed by atoms with Crippen molar-refractivity contribution >= 4 is 97.3 Å². The van der Waals surface area contributed by atoms with E-state index >= 15 is 0 Å². The molecule has 0 spiro atoms. The topological polar surface area (TPSA) is 417 Å². The van der Waals surface area contributed by atoms with Crippen molar-refractivity contribution in [1.82, 2.24) is 25.3 Å². The van der Waals surface area contributed by atoms with Gasteiger partial charge in [-0.25, -0.2) is 33.8 Å². The van der Waals surface area contributed by atoms with E-state index in [2.05, 4.69) is 40.6 Å². The largest absolute Gasteiger partial charge is 0.508 e. The highest BCUT2D eigenvalue weighted by Crippen LogP contribution is 2.46. The summed E-state index contributed by atoms with van der Waals surface area (Å²) < 4.78 is 56.5. The molecule has 20 rings (SSSR count). The quantitative estimate of drug-likeness (QED) is 0.0161. The number of ether oxygens (including phenoxy) is 6. The van der Waals surface area contributed by atoms with E-state index < -0.39 is 75.4 Å². The summed E-state index contributed by atoms with van der Waals surface area (Å²) in [4.78, 5) is 90.8. The molecule has 133 heavy (non-hydrogen) atoms. The average molecular weight is 1790 g/mol. The summed E-state index contributed by atoms with van der Waals surface area (Å²) in [7, 11) is 2.57. The number of esters is 3. The smallest absolute Gasteiger partial charge is 0.355 e. The molecule has 0 aliphatic carbocycles. The Balaban J connectivity index is 0.000000125. The van der Waals surface area contributed by atoms with Crippen LogP contribution < -0.4 is 29.5 Å². The first kappa shape index (κ1) is 88.4. The zero-order valence-corrected chi connectivity index (χ0v) is 71.7. The van der Waals surface area contributed by atoms with Crippen LogP contribution in [0.5, 0.6) is 17.2 Å². The third-order valence-electron chi connectivity index (χ3n) is 23.1. The number of nitro groups is 2. The lowest BCUT2D eigenvalue weighted by Gasteiger charge is -2.39. The third kappa shape index (κ3) is 18.3. The van der Waals surface area contributed by atoms with Crippen LogP contribution in [-0.4, -0.2) is 176 Å². The van der Waals surface area contributed by atoms with E-state index in [1.54, 1.807) is 139 Å². The molecule has 0 bridgehead atoms. The number of rotatable bonds is 22. The number of nitrogens with zero attached hydrogens (tertiary/aromatic N) is 13. The minimum absolute atomic E-state index is 0.0107. The molecule has 0 saturated carbocycles. The van der Waals surface area contributed by atoms with Gasteiger partial charge in [0.1, 0.15) is 28.9 Å². The number of aliphatic hydroxyl groups excluding tert-OH is 1. The number of benzene rings is 10. The van der Waals surface area contributed by atoms with Crippen molar-refractivity contribution in [2.45, 2.75) is 56.1 Å². The Bertz CT molecular complexity index is 6720. The number of hydrogen-bond acceptors (Lipinski definition) is 30. The van der Waals surface area contributed by atoms with Crippen LogP contribution in [-0.2, 0) is 28.5 Å². The summed E-state index contributed by atoms with van der Waals surface area (Å²) in [6.07, 6.45) is -0.235. The summed E-state index contributed by atoms with van der Waals surface area (Å²) in [5.74, 6) is -2.57. The molecule has 35 heteroatoms. The molecule has 1 fully saturated rings. The molecule has 4 N–H and O–H groups in total. The number of H-pyrrole nitrogens is 2. The zero-order valence-electron chi connectivity index (χ0n) is 71.7. The van der Waals surface area contributed by atoms with Crippen molar-refractivity contribution in [3.05, 3.63) is 350 Å². The van der Waals surface area contributed by atoms with Gasteiger partial charge in [-0.2, -0.15) is 30.6 Å². The molecule has 8 unspecified atom stereocenters. The molecule has 14 aromatic rings. The number of Topliss-reactive ketones (excluding diaryl/α,β-unsaturated/α-hetero) is 2. The number of hydrazone groups is 4. The standard InChI is InChI=1S/C28H19N5O6.C27H19N5O5.C23H26FN3O3.C20H20N2O5/c34-28(23-12-17-8-4-5-9-20(17)39-23)25-27(33(35)36)26(18-10-11-21-22(13-18)38-15-37-21)32(31-25)24-14-19(29-30-24)16-6-2-1-3-7-16;33-19-12-10-17(11-13-19)25-26(32(35)36)24(27(34)22-14-18-8-4-5-9-21(18)37-22)30-31(25)23-15-20(28-29-23)16-6-2-1-3-7-16;1-3-30-23(28)21-20(17-6-4-16(2)5-7-17)22(26-12-14-29-15-13-26)27(25-21)19-10-8-18(24)9-11-19;1-26-19(24)14-10-6-7-11-16(14)22-18(13-8-4-3-5-9-13)15(12-23)17(21-22)20(25)27-2/h1-14,26-27H,15H2,(H,29,30);1-15,25-26,33H,(H,28,29);4-11,20,22H,3,12-15H2,1-2H3;3-11,15,18,23H,12H2,1-2H3. The SMILES string of the molecule is CCOC(=O)C1=NN(c2ccc(F)cc2)C(N2CCOCC2)C1c1ccc(C)cc1.COC(=O)C1=NN(c2ccccc2C(=O)OC)C(c2ccccc2)C1CO.O=C(C1=NN(c2cc(-c3ccccc3)[nH]n2)C(c2ccc(O)cc2)C1[N+](=O)[O-])c1cc2ccccc2o1.O=C(C1=NN(c2cc(-c3ccccc3)[nH]n2)C(c2ccc3c(c2)OCO3)C1[N+](=O)[O-])c1cc2ccccc2o1. The van der Waals surface area contributed by atoms with Crippen LogP contribution >= 0.6 is 0 Å². The number of nitrogens with one attached hydrogen (secondary N) is 2. The minimum atomic E-state index is -1.51. The number of aromatic hydroxyl groups is 1. The molecule has 10 heterocycles. The fourth-order valence-corrected chi connectivity index (χ4v) is 16.7. The summed E-state index contributed by atoms with van der Waals surface area (Å²) in [6, 6.07) is 75.9. The lowest BCUT2D eigenvalue weighted by atomic mass is 9.90. The Morgan fingerprint density at radius 2 is 0.992 bits per heavy atom. The minimum Gasteiger partial charge on any atom is -0.508 e. The molecular formula is C98H84FN15O19. The maximum atomic E-state index is 13.7. The van der Waals surface area contributed by atoms with E-state index in [4.69, 9.17) is 42.4 Å². The van der Waals surface area contributed by atoms with Crippen LogP contribution in [0, 0.1) is 38.9 Å². The highest BCUT2D eigenvalue weighted by molar-refractivity contribution is 6.48. The molecule has 0 amide bonds. The van der Waals surface area contributed by atoms with Gasteiger partial charge in [0.05, 0.1) is 86.9 Å². The van der Waals surface area contributed by atoms with Crippen molar-refractivity contribution < 1.29 is 85.7 Å². The second-order valence-electron chi connectivity index (χ2n) is 31.1. The maximum absolute atomic E-state index is 13.7. The first-order valence-corrected chi connectivity index (χ1v) is 42.2. The van der Waals surface area contributed by atoms with Gasteiger partial charge in [-0.1, -0.05) is 188 Å². The van der Waals surface area contributed by atoms with Gasteiger partial charge in [-0.05, 0) is 132 Å². The second-order valence-corrected chi connectivity index (χ2v) is 31.1. The van der Waals surface area contributed by atoms with Crippen molar-refractivity contribution in [3.63, 3.8) is 0 Å². The van der Waals surface area contributed by atoms with Crippen molar-refractivity contribution in [3.8, 4) is 39.8 Å². The first-order chi connectivity index (χ1) is 64.8. The average Bonchev–Trinajstić information content (AvgIpc) is 1.51. The molecule has 8 atom stereocenters. The Kier molecular flexibility index (Phi) is 26.0. The number of ketones is 2. The van der Waals surface area contributed by atoms with Gasteiger partial charge in [-0.15, -0.1) is 0 Å². The molecule has 6 aliphatic rings. The summed E-state index contributed by atoms with van der Waals surface area (Å²) in [5, 5.41) is 85.1. The number of hydrogen-bond donors (Lipinski definition) is 4. The number of morpholine rings is 1. The van der Waals surface area contributed by atoms with E-state index in [1.165, 1.54) is 48.5 Å². The highest BCUT2D eigenvalue weighted by Gasteiger charge is 2.55. The molecule has 0 radical (unpaired) electrons. The molecule has 1 saturated heterocycles. The summed E-state index contributed by atoms with van der Waals surface area (Å²) in [6.45, 7) is 6.51. The van der Waals surface area contributed by atoms with Gasteiger partial charge in [0.15, 0.2) is 69.6 Å². The Morgan fingerprint density at radius 3 is 1.53 bits per heavy atom. The van der Waals surface area contributed by atoms with Gasteiger partial charge in [0.2, 0.25) is 6.79 Å². The number of fused-ring (bicyclic) bond motifs is 3. The van der Waals surface area contributed by atoms with E-state index in [9.17, 15) is 58.8 Å². The van der Waals surface area contributed by atoms with Gasteiger partial charge < -0.3 is 47.5 Å². The van der Waals surface area contributed by atoms with Crippen molar-refractivity contribution in [2.24, 2.45) is 26.3 Å².